The van der Waals surface area contributed by atoms with Crippen LogP contribution >= 0.6 is 0 Å². The molecule has 0 spiro atoms. The van der Waals surface area contributed by atoms with Gasteiger partial charge in [-0.2, -0.15) is 0 Å². The molecule has 0 aliphatic rings. The first-order valence-corrected chi connectivity index (χ1v) is 5.66. The van der Waals surface area contributed by atoms with Crippen LogP contribution in [0.15, 0.2) is 40.9 Å². The minimum atomic E-state index is 0.700. The number of fused-ring (bicyclic) bond motifs is 1. The van der Waals surface area contributed by atoms with Gasteiger partial charge in [-0.1, -0.05) is 17.3 Å². The number of methoxy groups -OCH3 is 1. The van der Waals surface area contributed by atoms with E-state index in [0.717, 1.165) is 28.2 Å². The zero-order valence-electron chi connectivity index (χ0n) is 10.2. The molecule has 0 fully saturated rings. The van der Waals surface area contributed by atoms with E-state index in [9.17, 15) is 0 Å². The van der Waals surface area contributed by atoms with E-state index >= 15 is 0 Å². The van der Waals surface area contributed by atoms with Gasteiger partial charge in [0, 0.05) is 5.56 Å². The Labute approximate surface area is 104 Å². The Morgan fingerprint density at radius 3 is 2.78 bits per heavy atom. The average molecular weight is 240 g/mol. The van der Waals surface area contributed by atoms with Gasteiger partial charge in [0.05, 0.1) is 12.8 Å². The van der Waals surface area contributed by atoms with Crippen molar-refractivity contribution in [3.63, 3.8) is 0 Å². The lowest BCUT2D eigenvalue weighted by Crippen LogP contribution is -1.90. The first-order chi connectivity index (χ1) is 8.79. The van der Waals surface area contributed by atoms with Crippen molar-refractivity contribution in [2.45, 2.75) is 6.92 Å². The third-order valence-electron chi connectivity index (χ3n) is 2.86. The Kier molecular flexibility index (Phi) is 2.48. The number of aromatic nitrogens is 2. The lowest BCUT2D eigenvalue weighted by molar-refractivity contribution is 0.416. The minimum absolute atomic E-state index is 0.700. The third kappa shape index (κ3) is 1.62. The quantitative estimate of drug-likeness (QED) is 0.690. The maximum absolute atomic E-state index is 5.34. The Bertz CT molecular complexity index is 704. The van der Waals surface area contributed by atoms with Crippen LogP contribution in [0.4, 0.5) is 0 Å². The molecule has 0 saturated carbocycles. The van der Waals surface area contributed by atoms with Crippen LogP contribution in [0.25, 0.3) is 22.4 Å². The fraction of sp³-hybridized carbons (Fsp3) is 0.143. The van der Waals surface area contributed by atoms with Gasteiger partial charge in [-0.25, -0.2) is 4.98 Å². The van der Waals surface area contributed by atoms with Gasteiger partial charge in [-0.3, -0.25) is 0 Å². The van der Waals surface area contributed by atoms with E-state index in [0.29, 0.717) is 5.58 Å². The number of benzene rings is 1. The van der Waals surface area contributed by atoms with Crippen LogP contribution < -0.4 is 4.74 Å². The highest BCUT2D eigenvalue weighted by atomic mass is 16.5. The number of hydrogen-bond acceptors (Lipinski definition) is 4. The molecule has 4 nitrogen and oxygen atoms in total. The predicted molar refractivity (Wildman–Crippen MR) is 68.5 cm³/mol. The zero-order chi connectivity index (χ0) is 12.5. The molecule has 1 aromatic carbocycles. The zero-order valence-corrected chi connectivity index (χ0v) is 10.2. The number of nitrogens with zero attached hydrogens (tertiary/aromatic N) is 2. The van der Waals surface area contributed by atoms with E-state index in [2.05, 4.69) is 10.1 Å². The summed E-state index contributed by atoms with van der Waals surface area (Å²) in [6.07, 6.45) is 0. The maximum Gasteiger partial charge on any atom is 0.185 e. The van der Waals surface area contributed by atoms with Crippen molar-refractivity contribution >= 4 is 11.1 Å². The molecule has 3 rings (SSSR count). The third-order valence-corrected chi connectivity index (χ3v) is 2.86. The fourth-order valence-electron chi connectivity index (χ4n) is 1.95. The second-order valence-electron chi connectivity index (χ2n) is 4.01. The molecule has 2 heterocycles. The van der Waals surface area contributed by atoms with E-state index in [4.69, 9.17) is 9.26 Å². The Hall–Kier alpha value is -2.36. The summed E-state index contributed by atoms with van der Waals surface area (Å²) in [6.45, 7) is 1.88. The summed E-state index contributed by atoms with van der Waals surface area (Å²) in [7, 11) is 1.65. The topological polar surface area (TPSA) is 48.2 Å². The first kappa shape index (κ1) is 10.8. The van der Waals surface area contributed by atoms with E-state index in [-0.39, 0.29) is 0 Å². The monoisotopic (exact) mass is 240 g/mol. The summed E-state index contributed by atoms with van der Waals surface area (Å²) in [5.74, 6) is 0.804. The van der Waals surface area contributed by atoms with Gasteiger partial charge in [0.15, 0.2) is 5.58 Å². The summed E-state index contributed by atoms with van der Waals surface area (Å²) in [5, 5.41) is 3.90. The first-order valence-electron chi connectivity index (χ1n) is 5.66. The molecule has 0 aliphatic carbocycles. The van der Waals surface area contributed by atoms with E-state index in [1.165, 1.54) is 0 Å². The van der Waals surface area contributed by atoms with E-state index < -0.39 is 0 Å². The van der Waals surface area contributed by atoms with Gasteiger partial charge in [-0.05, 0) is 31.2 Å². The number of ether oxygens (including phenoxy) is 1. The minimum Gasteiger partial charge on any atom is -0.496 e. The van der Waals surface area contributed by atoms with Gasteiger partial charge >= 0.3 is 0 Å². The van der Waals surface area contributed by atoms with Crippen molar-refractivity contribution in [3.8, 4) is 17.0 Å². The van der Waals surface area contributed by atoms with E-state index in [1.54, 1.807) is 7.11 Å². The van der Waals surface area contributed by atoms with Gasteiger partial charge in [0.2, 0.25) is 0 Å². The molecule has 3 aromatic rings. The smallest absolute Gasteiger partial charge is 0.185 e. The highest BCUT2D eigenvalue weighted by Crippen LogP contribution is 2.29. The van der Waals surface area contributed by atoms with Gasteiger partial charge in [-0.15, -0.1) is 0 Å². The molecule has 0 radical (unpaired) electrons. The highest BCUT2D eigenvalue weighted by Gasteiger charge is 2.10. The highest BCUT2D eigenvalue weighted by molar-refractivity contribution is 5.79. The summed E-state index contributed by atoms with van der Waals surface area (Å²) in [6, 6.07) is 11.6. The van der Waals surface area contributed by atoms with Gasteiger partial charge in [0.25, 0.3) is 0 Å². The normalized spacial score (nSPS) is 10.8. The summed E-state index contributed by atoms with van der Waals surface area (Å²) >= 11 is 0. The van der Waals surface area contributed by atoms with E-state index in [1.807, 2.05) is 43.3 Å². The standard InChI is InChI=1S/C14H12N2O2/c1-9-14-13(18-16-9)8-7-11(15-14)10-5-3-4-6-12(10)17-2/h3-8H,1-2H3. The van der Waals surface area contributed by atoms with Crippen LogP contribution in [0.2, 0.25) is 0 Å². The maximum atomic E-state index is 5.34. The van der Waals surface area contributed by atoms with Crippen molar-refractivity contribution in [1.82, 2.24) is 10.1 Å². The van der Waals surface area contributed by atoms with Gasteiger partial charge in [0.1, 0.15) is 17.0 Å². The van der Waals surface area contributed by atoms with Crippen molar-refractivity contribution in [2.75, 3.05) is 7.11 Å². The number of hydrogen-bond donors (Lipinski definition) is 0. The SMILES string of the molecule is COc1ccccc1-c1ccc2onc(C)c2n1. The average Bonchev–Trinajstić information content (AvgIpc) is 2.80. The predicted octanol–water partition coefficient (Wildman–Crippen LogP) is 3.21. The number of pyridine rings is 1. The molecule has 0 atom stereocenters. The summed E-state index contributed by atoms with van der Waals surface area (Å²) in [5.41, 5.74) is 4.10. The molecule has 0 saturated heterocycles. The molecule has 0 aliphatic heterocycles. The molecule has 0 unspecified atom stereocenters. The molecular weight excluding hydrogens is 228 g/mol. The van der Waals surface area contributed by atoms with Crippen molar-refractivity contribution < 1.29 is 9.26 Å². The Morgan fingerprint density at radius 1 is 1.11 bits per heavy atom. The summed E-state index contributed by atoms with van der Waals surface area (Å²) in [4.78, 5) is 4.58. The van der Waals surface area contributed by atoms with Crippen molar-refractivity contribution in [3.05, 3.63) is 42.1 Å². The van der Waals surface area contributed by atoms with Crippen LogP contribution in [-0.2, 0) is 0 Å². The molecule has 18 heavy (non-hydrogen) atoms. The lowest BCUT2D eigenvalue weighted by atomic mass is 10.1. The molecule has 90 valence electrons. The van der Waals surface area contributed by atoms with Crippen LogP contribution in [0, 0.1) is 6.92 Å². The second-order valence-corrected chi connectivity index (χ2v) is 4.01. The van der Waals surface area contributed by atoms with Crippen molar-refractivity contribution in [1.29, 1.82) is 0 Å². The van der Waals surface area contributed by atoms with Crippen LogP contribution in [0.1, 0.15) is 5.69 Å². The molecular formula is C14H12N2O2. The van der Waals surface area contributed by atoms with Crippen molar-refractivity contribution in [2.24, 2.45) is 0 Å². The number of para-hydroxylation sites is 1. The molecule has 4 heteroatoms. The van der Waals surface area contributed by atoms with Crippen LogP contribution in [0.5, 0.6) is 5.75 Å². The number of rotatable bonds is 2. The largest absolute Gasteiger partial charge is 0.496 e. The molecule has 2 aromatic heterocycles. The Morgan fingerprint density at radius 2 is 1.94 bits per heavy atom. The molecule has 0 bridgehead atoms. The van der Waals surface area contributed by atoms with Crippen LogP contribution in [-0.4, -0.2) is 17.3 Å². The molecule has 0 N–H and O–H groups in total. The second kappa shape index (κ2) is 4.14. The van der Waals surface area contributed by atoms with Gasteiger partial charge < -0.3 is 9.26 Å². The lowest BCUT2D eigenvalue weighted by Gasteiger charge is -2.07. The number of aryl methyl sites for hydroxylation is 1. The van der Waals surface area contributed by atoms with Crippen LogP contribution in [0.3, 0.4) is 0 Å². The fourth-order valence-corrected chi connectivity index (χ4v) is 1.95. The molecule has 0 amide bonds. The summed E-state index contributed by atoms with van der Waals surface area (Å²) < 4.78 is 10.5. The Balaban J connectivity index is 2.21.